The van der Waals surface area contributed by atoms with Gasteiger partial charge in [-0.2, -0.15) is 0 Å². The van der Waals surface area contributed by atoms with E-state index in [9.17, 15) is 14.9 Å². The number of nitrogens with zero attached hydrogens (tertiary/aromatic N) is 3. The summed E-state index contributed by atoms with van der Waals surface area (Å²) < 4.78 is 0. The monoisotopic (exact) mass is 264 g/mol. The topological polar surface area (TPSA) is 88.4 Å². The highest BCUT2D eigenvalue weighted by Gasteiger charge is 2.29. The predicted octanol–water partition coefficient (Wildman–Crippen LogP) is 1.01. The van der Waals surface area contributed by atoms with Gasteiger partial charge in [-0.15, -0.1) is 0 Å². The van der Waals surface area contributed by atoms with E-state index in [0.717, 1.165) is 0 Å². The average molecular weight is 264 g/mol. The molecule has 1 N–H and O–H groups in total. The van der Waals surface area contributed by atoms with E-state index in [0.29, 0.717) is 30.9 Å². The molecule has 0 aliphatic carbocycles. The van der Waals surface area contributed by atoms with E-state index in [4.69, 9.17) is 0 Å². The number of rotatable bonds is 3. The molecule has 1 amide bonds. The quantitative estimate of drug-likeness (QED) is 0.650. The smallest absolute Gasteiger partial charge is 0.290 e. The third-order valence-electron chi connectivity index (χ3n) is 3.28. The predicted molar refractivity (Wildman–Crippen MR) is 70.1 cm³/mol. The molecular weight excluding hydrogens is 248 g/mol. The van der Waals surface area contributed by atoms with Crippen LogP contribution in [0.5, 0.6) is 0 Å². The summed E-state index contributed by atoms with van der Waals surface area (Å²) in [6, 6.07) is 1.40. The second kappa shape index (κ2) is 5.21. The molecular formula is C12H16N4O3. The lowest BCUT2D eigenvalue weighted by Crippen LogP contribution is -2.55. The number of carbonyl (C=O) groups excluding carboxylic acids is 1. The van der Waals surface area contributed by atoms with Crippen LogP contribution in [0.4, 0.5) is 11.5 Å². The maximum absolute atomic E-state index is 11.8. The summed E-state index contributed by atoms with van der Waals surface area (Å²) in [4.78, 5) is 28.1. The minimum atomic E-state index is -0.452. The number of piperazine rings is 1. The fourth-order valence-electron chi connectivity index (χ4n) is 2.28. The van der Waals surface area contributed by atoms with Crippen molar-refractivity contribution in [2.75, 3.05) is 18.0 Å². The molecule has 1 aromatic rings. The zero-order chi connectivity index (χ0) is 14.0. The van der Waals surface area contributed by atoms with E-state index in [1.165, 1.54) is 6.20 Å². The first-order valence-corrected chi connectivity index (χ1v) is 6.20. The average Bonchev–Trinajstić information content (AvgIpc) is 2.37. The standard InChI is InChI=1S/C12H16N4O3/c1-3-9-12(17)13-4-5-15(9)11-6-8(2)10(7-14-11)16(18)19/h6-7,9H,3-5H2,1-2H3,(H,13,17). The summed E-state index contributed by atoms with van der Waals surface area (Å²) in [5.41, 5.74) is 0.550. The lowest BCUT2D eigenvalue weighted by molar-refractivity contribution is -0.385. The number of aromatic nitrogens is 1. The Labute approximate surface area is 110 Å². The minimum absolute atomic E-state index is 0.00161. The summed E-state index contributed by atoms with van der Waals surface area (Å²) in [7, 11) is 0. The van der Waals surface area contributed by atoms with E-state index in [2.05, 4.69) is 10.3 Å². The van der Waals surface area contributed by atoms with Gasteiger partial charge in [-0.1, -0.05) is 6.92 Å². The van der Waals surface area contributed by atoms with Gasteiger partial charge in [0, 0.05) is 18.7 Å². The molecule has 0 spiro atoms. The van der Waals surface area contributed by atoms with Crippen LogP contribution in [0.1, 0.15) is 18.9 Å². The molecule has 1 saturated heterocycles. The Kier molecular flexibility index (Phi) is 3.64. The minimum Gasteiger partial charge on any atom is -0.353 e. The van der Waals surface area contributed by atoms with Gasteiger partial charge in [0.2, 0.25) is 5.91 Å². The molecule has 2 heterocycles. The van der Waals surface area contributed by atoms with E-state index in [1.807, 2.05) is 11.8 Å². The SMILES string of the molecule is CCC1C(=O)NCCN1c1cc(C)c([N+](=O)[O-])cn1. The van der Waals surface area contributed by atoms with E-state index >= 15 is 0 Å². The number of amides is 1. The summed E-state index contributed by atoms with van der Waals surface area (Å²) in [5.74, 6) is 0.594. The van der Waals surface area contributed by atoms with Gasteiger partial charge in [0.15, 0.2) is 0 Å². The van der Waals surface area contributed by atoms with Crippen molar-refractivity contribution in [1.82, 2.24) is 10.3 Å². The van der Waals surface area contributed by atoms with Gasteiger partial charge in [0.25, 0.3) is 5.69 Å². The molecule has 2 rings (SSSR count). The molecule has 0 radical (unpaired) electrons. The van der Waals surface area contributed by atoms with Crippen molar-refractivity contribution >= 4 is 17.4 Å². The molecule has 7 heteroatoms. The lowest BCUT2D eigenvalue weighted by atomic mass is 10.1. The van der Waals surface area contributed by atoms with Crippen LogP contribution in [-0.2, 0) is 4.79 Å². The summed E-state index contributed by atoms with van der Waals surface area (Å²) in [6.45, 7) is 4.83. The molecule has 19 heavy (non-hydrogen) atoms. The van der Waals surface area contributed by atoms with E-state index in [1.54, 1.807) is 13.0 Å². The van der Waals surface area contributed by atoms with E-state index < -0.39 is 4.92 Å². The van der Waals surface area contributed by atoms with Crippen molar-refractivity contribution in [2.24, 2.45) is 0 Å². The molecule has 1 fully saturated rings. The van der Waals surface area contributed by atoms with Crippen LogP contribution in [0.3, 0.4) is 0 Å². The summed E-state index contributed by atoms with van der Waals surface area (Å²) in [6.07, 6.45) is 1.92. The second-order valence-corrected chi connectivity index (χ2v) is 4.49. The van der Waals surface area contributed by atoms with Crippen LogP contribution < -0.4 is 10.2 Å². The fourth-order valence-corrected chi connectivity index (χ4v) is 2.28. The molecule has 1 atom stereocenters. The Bertz CT molecular complexity index is 518. The van der Waals surface area contributed by atoms with Crippen LogP contribution in [0.15, 0.2) is 12.3 Å². The number of carbonyl (C=O) groups is 1. The summed E-state index contributed by atoms with van der Waals surface area (Å²) in [5, 5.41) is 13.6. The number of aryl methyl sites for hydroxylation is 1. The maximum Gasteiger partial charge on any atom is 0.290 e. The Morgan fingerprint density at radius 3 is 2.95 bits per heavy atom. The molecule has 0 bridgehead atoms. The zero-order valence-corrected chi connectivity index (χ0v) is 10.9. The van der Waals surface area contributed by atoms with Crippen LogP contribution in [0.2, 0.25) is 0 Å². The van der Waals surface area contributed by atoms with Gasteiger partial charge in [-0.3, -0.25) is 14.9 Å². The number of anilines is 1. The third-order valence-corrected chi connectivity index (χ3v) is 3.28. The number of pyridine rings is 1. The van der Waals surface area contributed by atoms with Crippen molar-refractivity contribution in [3.8, 4) is 0 Å². The van der Waals surface area contributed by atoms with Crippen molar-refractivity contribution < 1.29 is 9.72 Å². The largest absolute Gasteiger partial charge is 0.353 e. The van der Waals surface area contributed by atoms with Gasteiger partial charge >= 0.3 is 0 Å². The van der Waals surface area contributed by atoms with E-state index in [-0.39, 0.29) is 17.6 Å². The molecule has 7 nitrogen and oxygen atoms in total. The Hall–Kier alpha value is -2.18. The first-order valence-electron chi connectivity index (χ1n) is 6.20. The van der Waals surface area contributed by atoms with Crippen LogP contribution in [-0.4, -0.2) is 34.9 Å². The van der Waals surface area contributed by atoms with Crippen molar-refractivity contribution in [3.05, 3.63) is 27.9 Å². The highest BCUT2D eigenvalue weighted by atomic mass is 16.6. The Balaban J connectivity index is 2.33. The second-order valence-electron chi connectivity index (χ2n) is 4.49. The Morgan fingerprint density at radius 2 is 2.37 bits per heavy atom. The van der Waals surface area contributed by atoms with Gasteiger partial charge in [0.1, 0.15) is 18.1 Å². The Morgan fingerprint density at radius 1 is 1.63 bits per heavy atom. The van der Waals surface area contributed by atoms with Crippen molar-refractivity contribution in [1.29, 1.82) is 0 Å². The number of hydrogen-bond acceptors (Lipinski definition) is 5. The number of nitrogens with one attached hydrogen (secondary N) is 1. The molecule has 1 aliphatic rings. The molecule has 0 saturated carbocycles. The number of hydrogen-bond donors (Lipinski definition) is 1. The van der Waals surface area contributed by atoms with Gasteiger partial charge in [0.05, 0.1) is 4.92 Å². The van der Waals surface area contributed by atoms with Crippen LogP contribution in [0, 0.1) is 17.0 Å². The highest BCUT2D eigenvalue weighted by Crippen LogP contribution is 2.24. The fraction of sp³-hybridized carbons (Fsp3) is 0.500. The molecule has 1 unspecified atom stereocenters. The molecule has 1 aromatic heterocycles. The molecule has 102 valence electrons. The zero-order valence-electron chi connectivity index (χ0n) is 10.9. The third kappa shape index (κ3) is 2.49. The maximum atomic E-state index is 11.8. The highest BCUT2D eigenvalue weighted by molar-refractivity contribution is 5.86. The summed E-state index contributed by atoms with van der Waals surface area (Å²) >= 11 is 0. The first-order chi connectivity index (χ1) is 9.04. The van der Waals surface area contributed by atoms with Gasteiger partial charge < -0.3 is 10.2 Å². The van der Waals surface area contributed by atoms with Crippen molar-refractivity contribution in [3.63, 3.8) is 0 Å². The van der Waals surface area contributed by atoms with Crippen molar-refractivity contribution in [2.45, 2.75) is 26.3 Å². The van der Waals surface area contributed by atoms with Gasteiger partial charge in [-0.05, 0) is 19.4 Å². The molecule has 1 aliphatic heterocycles. The normalized spacial score (nSPS) is 19.2. The first kappa shape index (κ1) is 13.3. The molecule has 0 aromatic carbocycles. The van der Waals surface area contributed by atoms with Crippen LogP contribution >= 0.6 is 0 Å². The van der Waals surface area contributed by atoms with Crippen LogP contribution in [0.25, 0.3) is 0 Å². The lowest BCUT2D eigenvalue weighted by Gasteiger charge is -2.35. The van der Waals surface area contributed by atoms with Gasteiger partial charge in [-0.25, -0.2) is 4.98 Å². The number of nitro groups is 1.